The Morgan fingerprint density at radius 1 is 1.50 bits per heavy atom. The largest absolute Gasteiger partial charge is 0.493 e. The Bertz CT molecular complexity index is 772. The Kier molecular flexibility index (Phi) is 2.36. The monoisotopic (exact) mass is 361 g/mol. The molecule has 0 aromatic heterocycles. The molecule has 1 aromatic carbocycles. The molecule has 0 unspecified atom stereocenters. The molecule has 0 N–H and O–H groups in total. The van der Waals surface area contributed by atoms with E-state index in [2.05, 4.69) is 27.9 Å². The fourth-order valence-corrected chi connectivity index (χ4v) is 5.46. The molecule has 114 valence electrons. The highest BCUT2D eigenvalue weighted by Gasteiger charge is 2.64. The van der Waals surface area contributed by atoms with Gasteiger partial charge in [0.05, 0.1) is 12.5 Å². The third kappa shape index (κ3) is 1.24. The van der Waals surface area contributed by atoms with Crippen molar-refractivity contribution in [3.8, 4) is 11.5 Å². The maximum absolute atomic E-state index is 12.6. The molecule has 5 heteroatoms. The number of ketones is 1. The zero-order valence-electron chi connectivity index (χ0n) is 12.5. The number of hydrogen-bond donors (Lipinski definition) is 0. The predicted molar refractivity (Wildman–Crippen MR) is 84.6 cm³/mol. The number of hydrogen-bond acceptors (Lipinski definition) is 4. The minimum Gasteiger partial charge on any atom is -0.493 e. The molecule has 1 fully saturated rings. The molecule has 4 aliphatic rings. The predicted octanol–water partition coefficient (Wildman–Crippen LogP) is 2.23. The van der Waals surface area contributed by atoms with Gasteiger partial charge in [0.25, 0.3) is 0 Å². The van der Waals surface area contributed by atoms with Gasteiger partial charge in [-0.15, -0.1) is 0 Å². The molecule has 0 saturated carbocycles. The Morgan fingerprint density at radius 3 is 3.09 bits per heavy atom. The first-order chi connectivity index (χ1) is 10.6. The summed E-state index contributed by atoms with van der Waals surface area (Å²) in [6.45, 7) is 0.989. The molecule has 5 rings (SSSR count). The summed E-state index contributed by atoms with van der Waals surface area (Å²) in [4.78, 5) is 14.9. The fourth-order valence-electron chi connectivity index (χ4n) is 4.89. The molecular weight excluding hydrogens is 346 g/mol. The van der Waals surface area contributed by atoms with E-state index in [-0.39, 0.29) is 11.2 Å². The summed E-state index contributed by atoms with van der Waals surface area (Å²) in [6.07, 6.45) is 3.31. The number of methoxy groups -OCH3 is 1. The lowest BCUT2D eigenvalue weighted by atomic mass is 9.61. The van der Waals surface area contributed by atoms with Gasteiger partial charge in [-0.25, -0.2) is 0 Å². The molecular formula is C17H16BrNO3. The molecule has 2 aliphatic carbocycles. The number of carbonyl (C=O) groups is 1. The van der Waals surface area contributed by atoms with E-state index in [0.29, 0.717) is 6.04 Å². The van der Waals surface area contributed by atoms with E-state index >= 15 is 0 Å². The number of likely N-dealkylation sites (tertiary alicyclic amines) is 1. The first-order valence-electron chi connectivity index (χ1n) is 7.60. The van der Waals surface area contributed by atoms with Crippen molar-refractivity contribution in [2.24, 2.45) is 0 Å². The van der Waals surface area contributed by atoms with Gasteiger partial charge >= 0.3 is 0 Å². The van der Waals surface area contributed by atoms with Gasteiger partial charge in [-0.3, -0.25) is 9.69 Å². The smallest absolute Gasteiger partial charge is 0.197 e. The van der Waals surface area contributed by atoms with Crippen molar-refractivity contribution in [3.63, 3.8) is 0 Å². The summed E-state index contributed by atoms with van der Waals surface area (Å²) in [5.41, 5.74) is 3.48. The Balaban J connectivity index is 1.89. The van der Waals surface area contributed by atoms with Gasteiger partial charge in [-0.2, -0.15) is 0 Å². The zero-order chi connectivity index (χ0) is 15.2. The highest BCUT2D eigenvalue weighted by Crippen LogP contribution is 2.63. The molecule has 0 radical (unpaired) electrons. The van der Waals surface area contributed by atoms with E-state index in [1.165, 1.54) is 16.7 Å². The van der Waals surface area contributed by atoms with E-state index in [1.807, 2.05) is 12.1 Å². The van der Waals surface area contributed by atoms with E-state index < -0.39 is 6.10 Å². The lowest BCUT2D eigenvalue weighted by Crippen LogP contribution is -2.55. The number of benzene rings is 1. The number of carbonyl (C=O) groups excluding carboxylic acids is 1. The zero-order valence-corrected chi connectivity index (χ0v) is 14.1. The van der Waals surface area contributed by atoms with E-state index in [9.17, 15) is 4.79 Å². The van der Waals surface area contributed by atoms with Crippen LogP contribution in [0.2, 0.25) is 0 Å². The van der Waals surface area contributed by atoms with Crippen LogP contribution < -0.4 is 9.47 Å². The second kappa shape index (κ2) is 3.95. The van der Waals surface area contributed by atoms with Crippen LogP contribution in [0.25, 0.3) is 0 Å². The maximum Gasteiger partial charge on any atom is 0.197 e. The van der Waals surface area contributed by atoms with Gasteiger partial charge < -0.3 is 9.47 Å². The summed E-state index contributed by atoms with van der Waals surface area (Å²) in [7, 11) is 3.80. The van der Waals surface area contributed by atoms with Gasteiger partial charge in [-0.1, -0.05) is 15.9 Å². The van der Waals surface area contributed by atoms with Crippen molar-refractivity contribution < 1.29 is 14.3 Å². The highest BCUT2D eigenvalue weighted by molar-refractivity contribution is 9.10. The highest BCUT2D eigenvalue weighted by atomic mass is 79.9. The van der Waals surface area contributed by atoms with Gasteiger partial charge in [-0.05, 0) is 49.7 Å². The molecule has 1 aromatic rings. The van der Waals surface area contributed by atoms with Crippen molar-refractivity contribution in [2.45, 2.75) is 30.4 Å². The SMILES string of the molecule is COc1cc(Br)c2c3c1O[C@H]1C(=O)C=C4[C@@H](C2)N(C)CC[C@]431. The van der Waals surface area contributed by atoms with Crippen LogP contribution in [0.4, 0.5) is 0 Å². The molecule has 2 heterocycles. The van der Waals surface area contributed by atoms with Crippen LogP contribution in [-0.4, -0.2) is 43.5 Å². The van der Waals surface area contributed by atoms with Crippen LogP contribution in [0, 0.1) is 0 Å². The number of nitrogens with zero attached hydrogens (tertiary/aromatic N) is 1. The summed E-state index contributed by atoms with van der Waals surface area (Å²) >= 11 is 3.70. The van der Waals surface area contributed by atoms with Crippen molar-refractivity contribution >= 4 is 21.7 Å². The topological polar surface area (TPSA) is 38.8 Å². The third-order valence-corrected chi connectivity index (χ3v) is 6.57. The maximum atomic E-state index is 12.6. The Morgan fingerprint density at radius 2 is 2.32 bits per heavy atom. The summed E-state index contributed by atoms with van der Waals surface area (Å²) in [5.74, 6) is 1.61. The quantitative estimate of drug-likeness (QED) is 0.768. The third-order valence-electron chi connectivity index (χ3n) is 5.87. The van der Waals surface area contributed by atoms with Crippen molar-refractivity contribution in [1.82, 2.24) is 4.90 Å². The molecule has 2 aliphatic heterocycles. The summed E-state index contributed by atoms with van der Waals surface area (Å²) in [5, 5.41) is 0. The van der Waals surface area contributed by atoms with E-state index in [4.69, 9.17) is 9.47 Å². The fraction of sp³-hybridized carbons (Fsp3) is 0.471. The van der Waals surface area contributed by atoms with Crippen LogP contribution in [-0.2, 0) is 16.6 Å². The normalized spacial score (nSPS) is 34.3. The average Bonchev–Trinajstić information content (AvgIpc) is 2.98. The van der Waals surface area contributed by atoms with Crippen molar-refractivity contribution in [1.29, 1.82) is 0 Å². The van der Waals surface area contributed by atoms with Crippen LogP contribution in [0.15, 0.2) is 22.2 Å². The Hall–Kier alpha value is -1.33. The van der Waals surface area contributed by atoms with E-state index in [0.717, 1.165) is 35.4 Å². The number of ether oxygens (including phenoxy) is 2. The molecule has 1 spiro atoms. The minimum absolute atomic E-state index is 0.109. The molecule has 2 bridgehead atoms. The van der Waals surface area contributed by atoms with Gasteiger partial charge in [0.2, 0.25) is 0 Å². The van der Waals surface area contributed by atoms with Crippen LogP contribution in [0.1, 0.15) is 17.5 Å². The van der Waals surface area contributed by atoms with Gasteiger partial charge in [0.1, 0.15) is 0 Å². The summed E-state index contributed by atoms with van der Waals surface area (Å²) in [6, 6.07) is 2.27. The van der Waals surface area contributed by atoms with Crippen molar-refractivity contribution in [3.05, 3.63) is 33.3 Å². The first-order valence-corrected chi connectivity index (χ1v) is 8.40. The molecule has 0 amide bonds. The molecule has 4 nitrogen and oxygen atoms in total. The Labute approximate surface area is 137 Å². The minimum atomic E-state index is -0.393. The number of rotatable bonds is 1. The molecule has 3 atom stereocenters. The first kappa shape index (κ1) is 13.1. The molecule has 22 heavy (non-hydrogen) atoms. The number of piperidine rings is 1. The second-order valence-corrected chi connectivity index (χ2v) is 7.52. The van der Waals surface area contributed by atoms with Crippen LogP contribution in [0.5, 0.6) is 11.5 Å². The average molecular weight is 362 g/mol. The van der Waals surface area contributed by atoms with E-state index in [1.54, 1.807) is 7.11 Å². The molecule has 1 saturated heterocycles. The lowest BCUT2D eigenvalue weighted by molar-refractivity contribution is -0.121. The van der Waals surface area contributed by atoms with Gasteiger partial charge in [0, 0.05) is 16.1 Å². The van der Waals surface area contributed by atoms with Crippen LogP contribution in [0.3, 0.4) is 0 Å². The van der Waals surface area contributed by atoms with Gasteiger partial charge in [0.15, 0.2) is 23.4 Å². The van der Waals surface area contributed by atoms with Crippen LogP contribution >= 0.6 is 15.9 Å². The number of likely N-dealkylation sites (N-methyl/N-ethyl adjacent to an activating group) is 1. The second-order valence-electron chi connectivity index (χ2n) is 6.67. The standard InChI is InChI=1S/C17H16BrNO3/c1-19-4-3-17-9-6-12(20)16(17)22-15-13(21-2)7-10(18)8(14(15)17)5-11(9)19/h6-7,11,16H,3-5H2,1-2H3/t11-,16+,17+/m1/s1. The summed E-state index contributed by atoms with van der Waals surface area (Å²) < 4.78 is 12.7. The lowest BCUT2D eigenvalue weighted by Gasteiger charge is -2.49. The number of halogens is 1. The van der Waals surface area contributed by atoms with Crippen molar-refractivity contribution in [2.75, 3.05) is 20.7 Å².